The van der Waals surface area contributed by atoms with Gasteiger partial charge in [0.1, 0.15) is 0 Å². The Morgan fingerprint density at radius 3 is 1.42 bits per heavy atom. The Balaban J connectivity index is 1.84. The first-order valence-corrected chi connectivity index (χ1v) is 8.82. The molecule has 118 valence electrons. The highest BCUT2D eigenvalue weighted by Gasteiger charge is 2.12. The number of nitrogens with zero attached hydrogens (tertiary/aromatic N) is 4. The van der Waals surface area contributed by atoms with E-state index < -0.39 is 0 Å². The standard InChI is InChI=1S/C16H12N6S2/c17-15-19-9(7-11(21-15)13-3-1-5-23-13)10-8-12(22-16(18)20-10)14-4-2-6-24-14/h1-8H,(H2,17,19,21)(H2,18,20,22). The van der Waals surface area contributed by atoms with Crippen LogP contribution in [0.5, 0.6) is 0 Å². The number of nitrogens with two attached hydrogens (primary N) is 2. The van der Waals surface area contributed by atoms with Gasteiger partial charge in [0.05, 0.1) is 32.5 Å². The number of rotatable bonds is 3. The van der Waals surface area contributed by atoms with Crippen LogP contribution in [0.4, 0.5) is 11.9 Å². The van der Waals surface area contributed by atoms with Gasteiger partial charge in [-0.15, -0.1) is 22.7 Å². The van der Waals surface area contributed by atoms with E-state index in [4.69, 9.17) is 11.5 Å². The summed E-state index contributed by atoms with van der Waals surface area (Å²) in [5, 5.41) is 3.98. The molecule has 0 radical (unpaired) electrons. The van der Waals surface area contributed by atoms with Crippen molar-refractivity contribution in [1.82, 2.24) is 19.9 Å². The van der Waals surface area contributed by atoms with Crippen molar-refractivity contribution in [2.24, 2.45) is 0 Å². The van der Waals surface area contributed by atoms with E-state index in [1.165, 1.54) is 0 Å². The zero-order valence-electron chi connectivity index (χ0n) is 12.4. The second-order valence-electron chi connectivity index (χ2n) is 4.95. The number of aromatic nitrogens is 4. The van der Waals surface area contributed by atoms with Crippen LogP contribution in [-0.2, 0) is 0 Å². The Kier molecular flexibility index (Phi) is 3.68. The van der Waals surface area contributed by atoms with Crippen molar-refractivity contribution in [3.8, 4) is 32.5 Å². The first-order valence-electron chi connectivity index (χ1n) is 7.06. The topological polar surface area (TPSA) is 104 Å². The maximum absolute atomic E-state index is 5.88. The van der Waals surface area contributed by atoms with Crippen molar-refractivity contribution in [3.05, 3.63) is 47.2 Å². The van der Waals surface area contributed by atoms with E-state index in [2.05, 4.69) is 19.9 Å². The lowest BCUT2D eigenvalue weighted by Gasteiger charge is -2.07. The molecule has 6 nitrogen and oxygen atoms in total. The molecule has 0 bridgehead atoms. The second kappa shape index (κ2) is 5.99. The molecule has 24 heavy (non-hydrogen) atoms. The number of anilines is 2. The number of hydrogen-bond acceptors (Lipinski definition) is 8. The summed E-state index contributed by atoms with van der Waals surface area (Å²) in [5.41, 5.74) is 14.5. The van der Waals surface area contributed by atoms with Crippen molar-refractivity contribution in [3.63, 3.8) is 0 Å². The van der Waals surface area contributed by atoms with Crippen LogP contribution in [0, 0.1) is 0 Å². The maximum Gasteiger partial charge on any atom is 0.221 e. The Labute approximate surface area is 145 Å². The summed E-state index contributed by atoms with van der Waals surface area (Å²) in [5.74, 6) is 0.400. The van der Waals surface area contributed by atoms with E-state index in [1.807, 2.05) is 47.2 Å². The first kappa shape index (κ1) is 14.7. The van der Waals surface area contributed by atoms with Gasteiger partial charge in [-0.25, -0.2) is 19.9 Å². The fraction of sp³-hybridized carbons (Fsp3) is 0. The summed E-state index contributed by atoms with van der Waals surface area (Å²) in [6.07, 6.45) is 0. The molecule has 0 amide bonds. The molecule has 0 spiro atoms. The van der Waals surface area contributed by atoms with Gasteiger partial charge in [0.15, 0.2) is 0 Å². The summed E-state index contributed by atoms with van der Waals surface area (Å²) < 4.78 is 0. The molecule has 4 heterocycles. The van der Waals surface area contributed by atoms with Crippen LogP contribution >= 0.6 is 22.7 Å². The molecule has 0 saturated heterocycles. The zero-order chi connectivity index (χ0) is 16.5. The molecular weight excluding hydrogens is 340 g/mol. The summed E-state index contributed by atoms with van der Waals surface area (Å²) in [7, 11) is 0. The Morgan fingerprint density at radius 2 is 1.04 bits per heavy atom. The fourth-order valence-electron chi connectivity index (χ4n) is 2.30. The Bertz CT molecular complexity index is 898. The third-order valence-corrected chi connectivity index (χ3v) is 5.08. The molecule has 4 N–H and O–H groups in total. The van der Waals surface area contributed by atoms with E-state index in [-0.39, 0.29) is 11.9 Å². The van der Waals surface area contributed by atoms with Crippen molar-refractivity contribution >= 4 is 34.6 Å². The van der Waals surface area contributed by atoms with E-state index in [0.717, 1.165) is 21.1 Å². The Hall–Kier alpha value is -2.84. The average Bonchev–Trinajstić information content (AvgIpc) is 3.27. The number of thiophene rings is 2. The highest BCUT2D eigenvalue weighted by molar-refractivity contribution is 7.13. The van der Waals surface area contributed by atoms with Crippen LogP contribution in [0.15, 0.2) is 47.2 Å². The second-order valence-corrected chi connectivity index (χ2v) is 6.84. The lowest BCUT2D eigenvalue weighted by molar-refractivity contribution is 1.15. The van der Waals surface area contributed by atoms with Gasteiger partial charge in [-0.2, -0.15) is 0 Å². The molecule has 0 atom stereocenters. The highest BCUT2D eigenvalue weighted by atomic mass is 32.1. The third-order valence-electron chi connectivity index (χ3n) is 3.30. The van der Waals surface area contributed by atoms with Crippen LogP contribution in [0.3, 0.4) is 0 Å². The molecule has 0 unspecified atom stereocenters. The molecule has 0 aromatic carbocycles. The average molecular weight is 352 g/mol. The predicted molar refractivity (Wildman–Crippen MR) is 98.5 cm³/mol. The van der Waals surface area contributed by atoms with E-state index in [0.29, 0.717) is 11.4 Å². The molecule has 0 aliphatic carbocycles. The van der Waals surface area contributed by atoms with Gasteiger partial charge in [0.2, 0.25) is 11.9 Å². The third kappa shape index (κ3) is 2.84. The van der Waals surface area contributed by atoms with Crippen molar-refractivity contribution < 1.29 is 0 Å². The molecule has 0 fully saturated rings. The first-order chi connectivity index (χ1) is 11.7. The Morgan fingerprint density at radius 1 is 0.625 bits per heavy atom. The van der Waals surface area contributed by atoms with Crippen molar-refractivity contribution in [1.29, 1.82) is 0 Å². The number of nitrogen functional groups attached to an aromatic ring is 2. The van der Waals surface area contributed by atoms with Crippen LogP contribution in [0.2, 0.25) is 0 Å². The maximum atomic E-state index is 5.88. The molecule has 4 aromatic heterocycles. The van der Waals surface area contributed by atoms with Crippen LogP contribution < -0.4 is 11.5 Å². The van der Waals surface area contributed by atoms with Crippen molar-refractivity contribution in [2.75, 3.05) is 11.5 Å². The predicted octanol–water partition coefficient (Wildman–Crippen LogP) is 3.56. The van der Waals surface area contributed by atoms with Gasteiger partial charge in [-0.1, -0.05) is 12.1 Å². The van der Waals surface area contributed by atoms with E-state index in [1.54, 1.807) is 22.7 Å². The molecule has 8 heteroatoms. The molecule has 0 aliphatic heterocycles. The molecule has 0 saturated carbocycles. The van der Waals surface area contributed by atoms with Crippen LogP contribution in [0.25, 0.3) is 32.5 Å². The normalized spacial score (nSPS) is 10.8. The van der Waals surface area contributed by atoms with Gasteiger partial charge in [0.25, 0.3) is 0 Å². The largest absolute Gasteiger partial charge is 0.368 e. The van der Waals surface area contributed by atoms with Crippen LogP contribution in [0.1, 0.15) is 0 Å². The minimum Gasteiger partial charge on any atom is -0.368 e. The molecule has 0 aliphatic rings. The van der Waals surface area contributed by atoms with Crippen molar-refractivity contribution in [2.45, 2.75) is 0 Å². The van der Waals surface area contributed by atoms with Crippen LogP contribution in [-0.4, -0.2) is 19.9 Å². The van der Waals surface area contributed by atoms with E-state index in [9.17, 15) is 0 Å². The summed E-state index contributed by atoms with van der Waals surface area (Å²) >= 11 is 3.18. The molecule has 4 aromatic rings. The zero-order valence-corrected chi connectivity index (χ0v) is 14.0. The monoisotopic (exact) mass is 352 g/mol. The lowest BCUT2D eigenvalue weighted by Crippen LogP contribution is -2.02. The van der Waals surface area contributed by atoms with Gasteiger partial charge < -0.3 is 11.5 Å². The molecule has 4 rings (SSSR count). The summed E-state index contributed by atoms with van der Waals surface area (Å²) in [4.78, 5) is 19.3. The summed E-state index contributed by atoms with van der Waals surface area (Å²) in [6.45, 7) is 0. The minimum atomic E-state index is 0.200. The molecular formula is C16H12N6S2. The quantitative estimate of drug-likeness (QED) is 0.584. The SMILES string of the molecule is Nc1nc(-c2cc(-c3cccs3)nc(N)n2)cc(-c2cccs2)n1. The lowest BCUT2D eigenvalue weighted by atomic mass is 10.2. The van der Waals surface area contributed by atoms with Gasteiger partial charge in [-0.3, -0.25) is 0 Å². The number of hydrogen-bond donors (Lipinski definition) is 2. The minimum absolute atomic E-state index is 0.200. The smallest absolute Gasteiger partial charge is 0.221 e. The van der Waals surface area contributed by atoms with Gasteiger partial charge in [-0.05, 0) is 35.0 Å². The van der Waals surface area contributed by atoms with E-state index >= 15 is 0 Å². The van der Waals surface area contributed by atoms with Gasteiger partial charge >= 0.3 is 0 Å². The summed E-state index contributed by atoms with van der Waals surface area (Å²) in [6, 6.07) is 11.6. The highest BCUT2D eigenvalue weighted by Crippen LogP contribution is 2.30. The fourth-order valence-corrected chi connectivity index (χ4v) is 3.67. The van der Waals surface area contributed by atoms with Gasteiger partial charge in [0, 0.05) is 0 Å².